The highest BCUT2D eigenvalue weighted by molar-refractivity contribution is 7.94. The number of nitrogens with zero attached hydrogens (tertiary/aromatic N) is 2. The molecule has 0 spiro atoms. The number of rotatable bonds is 14. The Morgan fingerprint density at radius 1 is 1.02 bits per heavy atom. The van der Waals surface area contributed by atoms with Gasteiger partial charge in [-0.15, -0.1) is 11.6 Å². The molecule has 0 aromatic heterocycles. The molecule has 1 heterocycles. The molecule has 322 valence electrons. The van der Waals surface area contributed by atoms with E-state index in [4.69, 9.17) is 54.3 Å². The number of esters is 1. The van der Waals surface area contributed by atoms with Crippen LogP contribution in [0.2, 0.25) is 5.02 Å². The van der Waals surface area contributed by atoms with Crippen LogP contribution >= 0.6 is 42.4 Å². The van der Waals surface area contributed by atoms with E-state index in [2.05, 4.69) is 32.6 Å². The first-order valence-corrected chi connectivity index (χ1v) is 23.6. The van der Waals surface area contributed by atoms with Crippen molar-refractivity contribution in [2.75, 3.05) is 67.7 Å². The van der Waals surface area contributed by atoms with Crippen LogP contribution in [0.5, 0.6) is 0 Å². The third kappa shape index (κ3) is 17.5. The summed E-state index contributed by atoms with van der Waals surface area (Å²) in [5.41, 5.74) is 5.28. The number of ether oxygens (including phenoxy) is 2. The Labute approximate surface area is 358 Å². The van der Waals surface area contributed by atoms with Crippen molar-refractivity contribution in [3.05, 3.63) is 74.3 Å². The fourth-order valence-electron chi connectivity index (χ4n) is 5.48. The van der Waals surface area contributed by atoms with Crippen molar-refractivity contribution >= 4 is 100 Å². The Bertz CT molecular complexity index is 1800. The lowest BCUT2D eigenvalue weighted by Gasteiger charge is -2.26. The molecule has 1 aliphatic heterocycles. The Morgan fingerprint density at radius 2 is 1.55 bits per heavy atom. The Morgan fingerprint density at radius 3 is 1.98 bits per heavy atom. The van der Waals surface area contributed by atoms with Gasteiger partial charge in [-0.05, 0) is 97.3 Å². The summed E-state index contributed by atoms with van der Waals surface area (Å²) in [4.78, 5) is 79.5. The van der Waals surface area contributed by atoms with Gasteiger partial charge in [-0.1, -0.05) is 55.2 Å². The van der Waals surface area contributed by atoms with Gasteiger partial charge in [0.05, 0.1) is 49.6 Å². The van der Waals surface area contributed by atoms with Crippen molar-refractivity contribution in [1.82, 2.24) is 5.32 Å². The molecule has 3 N–H and O–H groups in total. The van der Waals surface area contributed by atoms with Crippen LogP contribution in [0, 0.1) is 0 Å². The second-order valence-electron chi connectivity index (χ2n) is 12.9. The third-order valence-electron chi connectivity index (χ3n) is 7.88. The highest BCUT2D eigenvalue weighted by Gasteiger charge is 2.39. The van der Waals surface area contributed by atoms with Crippen molar-refractivity contribution in [3.8, 4) is 0 Å². The predicted octanol–water partition coefficient (Wildman–Crippen LogP) is 5.87. The van der Waals surface area contributed by atoms with Crippen molar-refractivity contribution in [2.24, 2.45) is 0 Å². The fourth-order valence-corrected chi connectivity index (χ4v) is 6.36. The molecule has 1 unspecified atom stereocenters. The minimum atomic E-state index is -4.35. The molecule has 3 amide bonds. The molecule has 0 saturated heterocycles. The molecular weight excluding hydrogens is 856 g/mol. The number of carboxylic acid groups (broad SMARTS) is 1. The normalized spacial score (nSPS) is 14.6. The zero-order valence-corrected chi connectivity index (χ0v) is 37.8. The Balaban J connectivity index is 0.000000455. The quantitative estimate of drug-likeness (QED) is 0.0388. The number of benzene rings is 2. The smallest absolute Gasteiger partial charge is 0.349 e. The average Bonchev–Trinajstić information content (AvgIpc) is 3.42. The highest BCUT2D eigenvalue weighted by Crippen LogP contribution is 2.37. The van der Waals surface area contributed by atoms with E-state index in [1.165, 1.54) is 11.0 Å². The topological polar surface area (TPSA) is 203 Å². The molecule has 19 heteroatoms. The average molecular weight is 909 g/mol. The second kappa shape index (κ2) is 26.8. The van der Waals surface area contributed by atoms with Gasteiger partial charge in [-0.3, -0.25) is 29.4 Å². The van der Waals surface area contributed by atoms with E-state index in [0.717, 1.165) is 42.5 Å². The van der Waals surface area contributed by atoms with Crippen LogP contribution in [0.25, 0.3) is 6.08 Å². The van der Waals surface area contributed by atoms with Crippen LogP contribution in [0.3, 0.4) is 0 Å². The molecule has 0 fully saturated rings. The maximum absolute atomic E-state index is 12.7. The third-order valence-corrected chi connectivity index (χ3v) is 9.34. The van der Waals surface area contributed by atoms with Crippen molar-refractivity contribution in [3.63, 3.8) is 0 Å². The molecular formula is C39H53Cl3N3O11PS. The minimum absolute atomic E-state index is 0.0371. The summed E-state index contributed by atoms with van der Waals surface area (Å²) >= 11 is 17.8. The molecule has 1 aliphatic carbocycles. The van der Waals surface area contributed by atoms with E-state index in [-0.39, 0.29) is 42.0 Å². The summed E-state index contributed by atoms with van der Waals surface area (Å²) in [6, 6.07) is 10.8. The number of carbonyl (C=O) groups is 5. The minimum Gasteiger partial charge on any atom is -0.778 e. The molecule has 4 rings (SSSR count). The lowest BCUT2D eigenvalue weighted by atomic mass is 9.93. The van der Waals surface area contributed by atoms with E-state index in [9.17, 15) is 33.4 Å². The number of imide groups is 1. The molecule has 0 saturated carbocycles. The van der Waals surface area contributed by atoms with Crippen molar-refractivity contribution < 1.29 is 52.9 Å². The summed E-state index contributed by atoms with van der Waals surface area (Å²) in [5.74, 6) is -2.56. The van der Waals surface area contributed by atoms with Gasteiger partial charge in [0, 0.05) is 23.3 Å². The Hall–Kier alpha value is -3.24. The SMILES string of the molecule is CCOC(=O)/C(Cl)=C/c1cc(N2C(=O)C3=C(CCCC3)C2=O)ccc1Cl.CCc1cccc(CC)c1N(COC)C(=O)CCl.C[S+](C)C.O=C(O)CNCP(=O)([O-])O. The number of carbonyl (C=O) groups excluding carboxylic acids is 4. The summed E-state index contributed by atoms with van der Waals surface area (Å²) in [7, 11) is -2.13. The number of nitrogens with one attached hydrogen (secondary N) is 1. The van der Waals surface area contributed by atoms with Gasteiger partial charge in [0.15, 0.2) is 0 Å². The van der Waals surface area contributed by atoms with Gasteiger partial charge in [0.2, 0.25) is 5.91 Å². The number of aryl methyl sites for hydroxylation is 2. The first-order valence-electron chi connectivity index (χ1n) is 18.1. The van der Waals surface area contributed by atoms with Gasteiger partial charge in [-0.25, -0.2) is 9.69 Å². The predicted molar refractivity (Wildman–Crippen MR) is 231 cm³/mol. The lowest BCUT2D eigenvalue weighted by molar-refractivity contribution is -0.193. The lowest BCUT2D eigenvalue weighted by Crippen LogP contribution is -2.35. The molecule has 1 atom stereocenters. The number of alkyl halides is 1. The first kappa shape index (κ1) is 52.8. The molecule has 14 nitrogen and oxygen atoms in total. The zero-order chi connectivity index (χ0) is 44.2. The Kier molecular flexibility index (Phi) is 24.4. The molecule has 2 aromatic carbocycles. The molecule has 0 radical (unpaired) electrons. The summed E-state index contributed by atoms with van der Waals surface area (Å²) in [5, 5.41) is 10.2. The monoisotopic (exact) mass is 907 g/mol. The van der Waals surface area contributed by atoms with Crippen molar-refractivity contribution in [2.45, 2.75) is 59.3 Å². The molecule has 58 heavy (non-hydrogen) atoms. The molecule has 2 aromatic rings. The van der Waals surface area contributed by atoms with Crippen LogP contribution in [-0.4, -0.2) is 97.6 Å². The number of hydrogen-bond donors (Lipinski definition) is 3. The summed E-state index contributed by atoms with van der Waals surface area (Å²) in [6.07, 6.45) is 12.1. The zero-order valence-electron chi connectivity index (χ0n) is 33.8. The number of methoxy groups -OCH3 is 1. The van der Waals surface area contributed by atoms with E-state index < -0.39 is 32.4 Å². The van der Waals surface area contributed by atoms with Gasteiger partial charge < -0.3 is 28.9 Å². The van der Waals surface area contributed by atoms with Crippen LogP contribution in [0.4, 0.5) is 11.4 Å². The standard InChI is InChI=1S/C19H17Cl2NO4.C14H20ClNO2.C3H8NO5P.C3H9S/c1-2-26-19(25)16(21)10-11-9-12(7-8-15(11)20)22-17(23)13-5-3-4-6-14(13)18(22)24;1-4-11-7-6-8-12(5-2)14(11)16(10-18-3)13(17)9-15;5-3(6)1-4-2-10(7,8)9;1-4(2)3/h7-10H,2-6H2,1H3;6-8H,4-5,9-10H2,1-3H3;4H,1-2H2,(H,5,6)(H2,7,8,9);1-3H3/q;;;+1/p-1/b16-10-;;;. The maximum Gasteiger partial charge on any atom is 0.349 e. The first-order chi connectivity index (χ1) is 27.3. The summed E-state index contributed by atoms with van der Waals surface area (Å²) < 4.78 is 19.9. The number of hydrogen-bond acceptors (Lipinski definition) is 10. The van der Waals surface area contributed by atoms with E-state index in [1.807, 2.05) is 23.5 Å². The highest BCUT2D eigenvalue weighted by atomic mass is 35.5. The number of halogens is 3. The van der Waals surface area contributed by atoms with E-state index in [1.54, 1.807) is 37.1 Å². The fraction of sp³-hybridized carbons (Fsp3) is 0.462. The maximum atomic E-state index is 12.7. The number of anilines is 2. The molecule has 0 bridgehead atoms. The second-order valence-corrected chi connectivity index (χ2v) is 18.0. The largest absolute Gasteiger partial charge is 0.778 e. The van der Waals surface area contributed by atoms with Crippen LogP contribution in [0.1, 0.15) is 63.1 Å². The van der Waals surface area contributed by atoms with Gasteiger partial charge >= 0.3 is 11.9 Å². The van der Waals surface area contributed by atoms with E-state index >= 15 is 0 Å². The van der Waals surface area contributed by atoms with Gasteiger partial charge in [0.1, 0.15) is 25.2 Å². The van der Waals surface area contributed by atoms with Crippen LogP contribution < -0.4 is 20.0 Å². The van der Waals surface area contributed by atoms with Crippen LogP contribution in [-0.2, 0) is 61.7 Å². The van der Waals surface area contributed by atoms with Crippen LogP contribution in [0.15, 0.2) is 52.6 Å². The van der Waals surface area contributed by atoms with Crippen molar-refractivity contribution in [1.29, 1.82) is 0 Å². The number of carboxylic acids is 1. The number of amides is 3. The molecule has 2 aliphatic rings. The van der Waals surface area contributed by atoms with E-state index in [0.29, 0.717) is 51.2 Å². The summed E-state index contributed by atoms with van der Waals surface area (Å²) in [6.45, 7) is 5.78. The number of para-hydroxylation sites is 1. The van der Waals surface area contributed by atoms with Gasteiger partial charge in [0.25, 0.3) is 11.8 Å². The van der Waals surface area contributed by atoms with Gasteiger partial charge in [-0.2, -0.15) is 0 Å². The number of aliphatic carboxylic acids is 1.